The second-order valence-electron chi connectivity index (χ2n) is 13.8. The van der Waals surface area contributed by atoms with Gasteiger partial charge in [0.15, 0.2) is 0 Å². The zero-order valence-electron chi connectivity index (χ0n) is 29.6. The predicted octanol–water partition coefficient (Wildman–Crippen LogP) is 14.9. The van der Waals surface area contributed by atoms with Crippen LogP contribution in [0.2, 0.25) is 0 Å². The Hall–Kier alpha value is -7.16. The molecule has 254 valence electrons. The van der Waals surface area contributed by atoms with E-state index in [1.54, 1.807) is 0 Å². The van der Waals surface area contributed by atoms with Gasteiger partial charge >= 0.3 is 0 Å². The van der Waals surface area contributed by atoms with Gasteiger partial charge in [-0.2, -0.15) is 0 Å². The summed E-state index contributed by atoms with van der Waals surface area (Å²) in [5.41, 5.74) is 14.6. The number of nitrogens with zero attached hydrogens (tertiary/aromatic N) is 1. The van der Waals surface area contributed by atoms with Crippen LogP contribution >= 0.6 is 0 Å². The molecule has 54 heavy (non-hydrogen) atoms. The first-order chi connectivity index (χ1) is 26.7. The summed E-state index contributed by atoms with van der Waals surface area (Å²) in [6.07, 6.45) is 0. The maximum absolute atomic E-state index is 6.12. The molecule has 0 bridgehead atoms. The van der Waals surface area contributed by atoms with Crippen molar-refractivity contribution in [1.82, 2.24) is 0 Å². The summed E-state index contributed by atoms with van der Waals surface area (Å²) in [5.74, 6) is 0. The van der Waals surface area contributed by atoms with E-state index in [4.69, 9.17) is 4.42 Å². The van der Waals surface area contributed by atoms with Crippen molar-refractivity contribution in [3.63, 3.8) is 0 Å². The summed E-state index contributed by atoms with van der Waals surface area (Å²) in [7, 11) is 0. The fourth-order valence-electron chi connectivity index (χ4n) is 7.75. The number of hydrogen-bond acceptors (Lipinski definition) is 2. The van der Waals surface area contributed by atoms with E-state index in [9.17, 15) is 0 Å². The highest BCUT2D eigenvalue weighted by molar-refractivity contribution is 6.06. The van der Waals surface area contributed by atoms with Crippen LogP contribution in [0.5, 0.6) is 0 Å². The fourth-order valence-corrected chi connectivity index (χ4v) is 7.75. The number of benzene rings is 9. The Bertz CT molecular complexity index is 2930. The third-order valence-electron chi connectivity index (χ3n) is 10.4. The van der Waals surface area contributed by atoms with Crippen LogP contribution in [0.3, 0.4) is 0 Å². The number of rotatable bonds is 7. The molecule has 0 aliphatic rings. The van der Waals surface area contributed by atoms with Gasteiger partial charge in [0, 0.05) is 27.5 Å². The summed E-state index contributed by atoms with van der Waals surface area (Å²) in [5, 5.41) is 4.69. The van der Waals surface area contributed by atoms with E-state index >= 15 is 0 Å². The summed E-state index contributed by atoms with van der Waals surface area (Å²) < 4.78 is 6.12. The van der Waals surface area contributed by atoms with E-state index in [0.717, 1.165) is 50.1 Å². The molecule has 0 aliphatic carbocycles. The van der Waals surface area contributed by atoms with Crippen molar-refractivity contribution in [2.75, 3.05) is 4.90 Å². The predicted molar refractivity (Wildman–Crippen MR) is 228 cm³/mol. The minimum absolute atomic E-state index is 0.908. The second kappa shape index (κ2) is 13.4. The van der Waals surface area contributed by atoms with Crippen LogP contribution in [0.25, 0.3) is 77.2 Å². The minimum atomic E-state index is 0.908. The third kappa shape index (κ3) is 5.81. The maximum Gasteiger partial charge on any atom is 0.135 e. The molecule has 9 aromatic carbocycles. The Morgan fingerprint density at radius 1 is 0.278 bits per heavy atom. The highest BCUT2D eigenvalue weighted by atomic mass is 16.3. The van der Waals surface area contributed by atoms with Gasteiger partial charge in [0.1, 0.15) is 11.2 Å². The first kappa shape index (κ1) is 31.6. The largest absolute Gasteiger partial charge is 0.456 e. The lowest BCUT2D eigenvalue weighted by Gasteiger charge is -2.27. The highest BCUT2D eigenvalue weighted by Gasteiger charge is 2.17. The van der Waals surface area contributed by atoms with Gasteiger partial charge in [0.05, 0.1) is 5.69 Å². The van der Waals surface area contributed by atoms with Crippen LogP contribution in [0, 0.1) is 0 Å². The smallest absolute Gasteiger partial charge is 0.135 e. The van der Waals surface area contributed by atoms with Gasteiger partial charge in [-0.25, -0.2) is 0 Å². The topological polar surface area (TPSA) is 16.4 Å². The van der Waals surface area contributed by atoms with E-state index in [0.29, 0.717) is 0 Å². The van der Waals surface area contributed by atoms with E-state index in [-0.39, 0.29) is 0 Å². The molecule has 0 radical (unpaired) electrons. The molecule has 0 atom stereocenters. The van der Waals surface area contributed by atoms with Crippen LogP contribution < -0.4 is 4.90 Å². The molecule has 0 aliphatic heterocycles. The molecule has 0 amide bonds. The lowest BCUT2D eigenvalue weighted by Crippen LogP contribution is -2.10. The monoisotopic (exact) mass is 689 g/mol. The molecule has 0 saturated carbocycles. The van der Waals surface area contributed by atoms with Crippen LogP contribution in [0.1, 0.15) is 0 Å². The number of furan rings is 1. The van der Waals surface area contributed by atoms with E-state index < -0.39 is 0 Å². The van der Waals surface area contributed by atoms with E-state index in [1.165, 1.54) is 44.2 Å². The van der Waals surface area contributed by atoms with Crippen LogP contribution in [-0.2, 0) is 0 Å². The fraction of sp³-hybridized carbons (Fsp3) is 0. The summed E-state index contributed by atoms with van der Waals surface area (Å²) >= 11 is 0. The molecule has 10 aromatic rings. The zero-order valence-corrected chi connectivity index (χ0v) is 29.6. The molecule has 2 heteroatoms. The minimum Gasteiger partial charge on any atom is -0.456 e. The average molecular weight is 690 g/mol. The van der Waals surface area contributed by atoms with Crippen molar-refractivity contribution < 1.29 is 4.42 Å². The Labute approximate surface area is 314 Å². The van der Waals surface area contributed by atoms with Crippen LogP contribution in [0.15, 0.2) is 217 Å². The van der Waals surface area contributed by atoms with Gasteiger partial charge in [-0.05, 0) is 111 Å². The number of para-hydroxylation sites is 1. The Morgan fingerprint density at radius 3 is 1.54 bits per heavy atom. The quantitative estimate of drug-likeness (QED) is 0.166. The number of anilines is 3. The highest BCUT2D eigenvalue weighted by Crippen LogP contribution is 2.41. The van der Waals surface area contributed by atoms with E-state index in [1.807, 2.05) is 12.1 Å². The number of fused-ring (bicyclic) bond motifs is 4. The second-order valence-corrected chi connectivity index (χ2v) is 13.8. The van der Waals surface area contributed by atoms with Crippen molar-refractivity contribution in [2.24, 2.45) is 0 Å². The molecule has 0 saturated heterocycles. The SMILES string of the molecule is c1ccc(-c2cccc(-c3ccc(N(c4cccc(-c5cccc(-c6ccc7oc8ccccc8c7c6)c5)c4)c4cccc5ccccc45)cc3)c2)cc1. The molecule has 1 aromatic heterocycles. The van der Waals surface area contributed by atoms with Gasteiger partial charge in [0.25, 0.3) is 0 Å². The van der Waals surface area contributed by atoms with Gasteiger partial charge in [0.2, 0.25) is 0 Å². The molecular weight excluding hydrogens is 655 g/mol. The Morgan fingerprint density at radius 2 is 0.778 bits per heavy atom. The zero-order chi connectivity index (χ0) is 35.8. The standard InChI is InChI=1S/C52H35NO/c1-2-12-36(13-3-1)39-16-8-17-40(32-39)37-26-29-45(30-27-37)53(50-24-11-15-38-14-4-5-22-47(38)50)46-21-10-20-43(34-46)41-18-9-19-42(33-41)44-28-31-52-49(35-44)48-23-6-7-25-51(48)54-52/h1-35H. The van der Waals surface area contributed by atoms with Crippen LogP contribution in [0.4, 0.5) is 17.1 Å². The van der Waals surface area contributed by atoms with Gasteiger partial charge < -0.3 is 9.32 Å². The van der Waals surface area contributed by atoms with Crippen molar-refractivity contribution in [1.29, 1.82) is 0 Å². The van der Waals surface area contributed by atoms with Gasteiger partial charge in [-0.1, -0.05) is 152 Å². The first-order valence-corrected chi connectivity index (χ1v) is 18.4. The maximum atomic E-state index is 6.12. The van der Waals surface area contributed by atoms with Gasteiger partial charge in [-0.15, -0.1) is 0 Å². The lowest BCUT2D eigenvalue weighted by atomic mass is 9.97. The average Bonchev–Trinajstić information content (AvgIpc) is 3.63. The summed E-state index contributed by atoms with van der Waals surface area (Å²) in [6.45, 7) is 0. The van der Waals surface area contributed by atoms with Crippen molar-refractivity contribution in [2.45, 2.75) is 0 Å². The molecule has 0 fully saturated rings. The Balaban J connectivity index is 1.05. The Kier molecular flexibility index (Phi) is 7.85. The molecule has 0 N–H and O–H groups in total. The summed E-state index contributed by atoms with van der Waals surface area (Å²) in [6, 6.07) is 76.0. The molecule has 2 nitrogen and oxygen atoms in total. The normalized spacial score (nSPS) is 11.3. The van der Waals surface area contributed by atoms with Crippen molar-refractivity contribution in [3.05, 3.63) is 212 Å². The molecule has 10 rings (SSSR count). The molecular formula is C52H35NO. The molecule has 1 heterocycles. The number of hydrogen-bond donors (Lipinski definition) is 0. The first-order valence-electron chi connectivity index (χ1n) is 18.4. The third-order valence-corrected chi connectivity index (χ3v) is 10.4. The van der Waals surface area contributed by atoms with E-state index in [2.05, 4.69) is 205 Å². The lowest BCUT2D eigenvalue weighted by molar-refractivity contribution is 0.669. The molecule has 0 spiro atoms. The molecule has 0 unspecified atom stereocenters. The summed E-state index contributed by atoms with van der Waals surface area (Å²) in [4.78, 5) is 2.39. The van der Waals surface area contributed by atoms with Crippen LogP contribution in [-0.4, -0.2) is 0 Å². The van der Waals surface area contributed by atoms with Gasteiger partial charge in [-0.3, -0.25) is 0 Å². The van der Waals surface area contributed by atoms with Crippen molar-refractivity contribution in [3.8, 4) is 44.5 Å². The van der Waals surface area contributed by atoms with Crippen molar-refractivity contribution >= 4 is 49.8 Å².